The van der Waals surface area contributed by atoms with Crippen LogP contribution in [0.3, 0.4) is 0 Å². The molecule has 0 aliphatic heterocycles. The van der Waals surface area contributed by atoms with Crippen LogP contribution in [0, 0.1) is 0 Å². The summed E-state index contributed by atoms with van der Waals surface area (Å²) in [7, 11) is 3.75. The smallest absolute Gasteiger partial charge is 0.0593 e. The molecule has 0 fully saturated rings. The van der Waals surface area contributed by atoms with Gasteiger partial charge in [0.15, 0.2) is 0 Å². The molecule has 1 aromatic rings. The van der Waals surface area contributed by atoms with Crippen molar-refractivity contribution in [2.75, 3.05) is 30.5 Å². The van der Waals surface area contributed by atoms with Crippen molar-refractivity contribution in [2.45, 2.75) is 0 Å². The maximum absolute atomic E-state index is 5.59. The lowest BCUT2D eigenvalue weighted by Gasteiger charge is -2.08. The molecule has 0 aliphatic rings. The van der Waals surface area contributed by atoms with Gasteiger partial charge in [0.2, 0.25) is 0 Å². The highest BCUT2D eigenvalue weighted by Gasteiger charge is 1.96. The second-order valence-electron chi connectivity index (χ2n) is 2.31. The van der Waals surface area contributed by atoms with E-state index < -0.39 is 0 Å². The lowest BCUT2D eigenvalue weighted by Crippen LogP contribution is -1.97. The van der Waals surface area contributed by atoms with E-state index in [1.807, 2.05) is 32.3 Å². The summed E-state index contributed by atoms with van der Waals surface area (Å²) in [6.45, 7) is 0. The average molecular weight is 151 g/mol. The molecule has 0 spiro atoms. The fourth-order valence-electron chi connectivity index (χ4n) is 0.987. The molecule has 0 unspecified atom stereocenters. The molecule has 0 radical (unpaired) electrons. The number of benzene rings is 1. The molecular formula is C8H13N3. The van der Waals surface area contributed by atoms with Crippen molar-refractivity contribution < 1.29 is 0 Å². The zero-order valence-electron chi connectivity index (χ0n) is 6.81. The predicted molar refractivity (Wildman–Crippen MR) is 49.9 cm³/mol. The van der Waals surface area contributed by atoms with Crippen LogP contribution in [0.2, 0.25) is 0 Å². The molecule has 0 heterocycles. The van der Waals surface area contributed by atoms with E-state index in [2.05, 4.69) is 10.6 Å². The first-order valence-electron chi connectivity index (χ1n) is 3.53. The molecule has 3 nitrogen and oxygen atoms in total. The highest BCUT2D eigenvalue weighted by Crippen LogP contribution is 2.22. The van der Waals surface area contributed by atoms with Crippen molar-refractivity contribution in [3.8, 4) is 0 Å². The van der Waals surface area contributed by atoms with E-state index in [0.29, 0.717) is 0 Å². The molecule has 0 saturated heterocycles. The minimum atomic E-state index is 0.772. The van der Waals surface area contributed by atoms with Crippen molar-refractivity contribution in [3.05, 3.63) is 18.2 Å². The molecule has 0 bridgehead atoms. The van der Waals surface area contributed by atoms with Crippen LogP contribution in [0.4, 0.5) is 17.1 Å². The Balaban J connectivity index is 3.06. The van der Waals surface area contributed by atoms with E-state index in [9.17, 15) is 0 Å². The van der Waals surface area contributed by atoms with Gasteiger partial charge in [0.1, 0.15) is 0 Å². The molecule has 0 aromatic heterocycles. The van der Waals surface area contributed by atoms with E-state index in [-0.39, 0.29) is 0 Å². The predicted octanol–water partition coefficient (Wildman–Crippen LogP) is 1.35. The van der Waals surface area contributed by atoms with Gasteiger partial charge in [0.25, 0.3) is 0 Å². The number of rotatable bonds is 2. The molecule has 11 heavy (non-hydrogen) atoms. The summed E-state index contributed by atoms with van der Waals surface area (Å²) in [5.74, 6) is 0. The van der Waals surface area contributed by atoms with Gasteiger partial charge in [-0.25, -0.2) is 0 Å². The van der Waals surface area contributed by atoms with Crippen LogP contribution in [-0.2, 0) is 0 Å². The van der Waals surface area contributed by atoms with Crippen LogP contribution in [0.5, 0.6) is 0 Å². The van der Waals surface area contributed by atoms with Crippen LogP contribution in [0.15, 0.2) is 18.2 Å². The Morgan fingerprint density at radius 2 is 1.73 bits per heavy atom. The Bertz CT molecular complexity index is 245. The quantitative estimate of drug-likeness (QED) is 0.559. The van der Waals surface area contributed by atoms with Gasteiger partial charge >= 0.3 is 0 Å². The summed E-state index contributed by atoms with van der Waals surface area (Å²) in [6.07, 6.45) is 0. The molecule has 0 aliphatic carbocycles. The summed E-state index contributed by atoms with van der Waals surface area (Å²) >= 11 is 0. The standard InChI is InChI=1S/C8H13N3/c1-10-7-4-3-6(9)5-8(7)11-2/h3-5,10-11H,9H2,1-2H3. The molecule has 4 N–H and O–H groups in total. The zero-order valence-corrected chi connectivity index (χ0v) is 6.81. The third kappa shape index (κ3) is 1.55. The summed E-state index contributed by atoms with van der Waals surface area (Å²) in [5, 5.41) is 6.10. The molecule has 0 saturated carbocycles. The third-order valence-electron chi connectivity index (χ3n) is 1.58. The van der Waals surface area contributed by atoms with E-state index in [4.69, 9.17) is 5.73 Å². The summed E-state index contributed by atoms with van der Waals surface area (Å²) in [4.78, 5) is 0. The first-order chi connectivity index (χ1) is 5.27. The maximum atomic E-state index is 5.59. The van der Waals surface area contributed by atoms with Gasteiger partial charge in [-0.2, -0.15) is 0 Å². The number of nitrogens with one attached hydrogen (secondary N) is 2. The van der Waals surface area contributed by atoms with Gasteiger partial charge in [-0.15, -0.1) is 0 Å². The van der Waals surface area contributed by atoms with Gasteiger partial charge in [0.05, 0.1) is 11.4 Å². The minimum absolute atomic E-state index is 0.772. The Hall–Kier alpha value is -1.38. The Kier molecular flexibility index (Phi) is 2.21. The highest BCUT2D eigenvalue weighted by molar-refractivity contribution is 5.72. The first kappa shape index (κ1) is 7.72. The Morgan fingerprint density at radius 3 is 2.27 bits per heavy atom. The number of nitrogens with two attached hydrogens (primary N) is 1. The van der Waals surface area contributed by atoms with Crippen molar-refractivity contribution in [3.63, 3.8) is 0 Å². The zero-order chi connectivity index (χ0) is 8.27. The summed E-state index contributed by atoms with van der Waals surface area (Å²) in [6, 6.07) is 5.71. The van der Waals surface area contributed by atoms with Crippen LogP contribution in [0.1, 0.15) is 0 Å². The van der Waals surface area contributed by atoms with E-state index >= 15 is 0 Å². The topological polar surface area (TPSA) is 50.1 Å². The minimum Gasteiger partial charge on any atom is -0.399 e. The molecule has 3 heteroatoms. The van der Waals surface area contributed by atoms with Crippen molar-refractivity contribution in [1.82, 2.24) is 0 Å². The van der Waals surface area contributed by atoms with Crippen LogP contribution < -0.4 is 16.4 Å². The molecule has 0 amide bonds. The normalized spacial score (nSPS) is 9.27. The SMILES string of the molecule is CNc1ccc(N)cc1NC. The lowest BCUT2D eigenvalue weighted by atomic mass is 10.2. The summed E-state index contributed by atoms with van der Waals surface area (Å²) in [5.41, 5.74) is 8.44. The van der Waals surface area contributed by atoms with Crippen molar-refractivity contribution in [2.24, 2.45) is 0 Å². The molecule has 60 valence electrons. The lowest BCUT2D eigenvalue weighted by molar-refractivity contribution is 1.45. The van der Waals surface area contributed by atoms with Crippen LogP contribution in [-0.4, -0.2) is 14.1 Å². The number of anilines is 3. The Morgan fingerprint density at radius 1 is 1.09 bits per heavy atom. The van der Waals surface area contributed by atoms with E-state index in [0.717, 1.165) is 17.1 Å². The number of hydrogen-bond acceptors (Lipinski definition) is 3. The molecule has 1 rings (SSSR count). The largest absolute Gasteiger partial charge is 0.399 e. The van der Waals surface area contributed by atoms with Gasteiger partial charge < -0.3 is 16.4 Å². The van der Waals surface area contributed by atoms with E-state index in [1.54, 1.807) is 0 Å². The van der Waals surface area contributed by atoms with E-state index in [1.165, 1.54) is 0 Å². The van der Waals surface area contributed by atoms with Gasteiger partial charge in [-0.1, -0.05) is 0 Å². The summed E-state index contributed by atoms with van der Waals surface area (Å²) < 4.78 is 0. The Labute approximate surface area is 66.6 Å². The second kappa shape index (κ2) is 3.14. The monoisotopic (exact) mass is 151 g/mol. The molecule has 0 atom stereocenters. The fraction of sp³-hybridized carbons (Fsp3) is 0.250. The third-order valence-corrected chi connectivity index (χ3v) is 1.58. The van der Waals surface area contributed by atoms with Crippen LogP contribution >= 0.6 is 0 Å². The number of nitrogen functional groups attached to an aromatic ring is 1. The maximum Gasteiger partial charge on any atom is 0.0593 e. The van der Waals surface area contributed by atoms with Gasteiger partial charge in [-0.3, -0.25) is 0 Å². The second-order valence-corrected chi connectivity index (χ2v) is 2.31. The van der Waals surface area contributed by atoms with Crippen molar-refractivity contribution >= 4 is 17.1 Å². The van der Waals surface area contributed by atoms with Gasteiger partial charge in [-0.05, 0) is 18.2 Å². The van der Waals surface area contributed by atoms with Crippen molar-refractivity contribution in [1.29, 1.82) is 0 Å². The molecular weight excluding hydrogens is 138 g/mol. The number of hydrogen-bond donors (Lipinski definition) is 3. The first-order valence-corrected chi connectivity index (χ1v) is 3.53. The molecule has 1 aromatic carbocycles. The highest BCUT2D eigenvalue weighted by atomic mass is 14.9. The van der Waals surface area contributed by atoms with Gasteiger partial charge in [0, 0.05) is 19.8 Å². The fourth-order valence-corrected chi connectivity index (χ4v) is 0.987. The average Bonchev–Trinajstić information content (AvgIpc) is 2.04. The van der Waals surface area contributed by atoms with Crippen LogP contribution in [0.25, 0.3) is 0 Å².